The van der Waals surface area contributed by atoms with Crippen LogP contribution in [0.15, 0.2) is 121 Å². The van der Waals surface area contributed by atoms with E-state index in [0.717, 1.165) is 0 Å². The molecule has 0 radical (unpaired) electrons. The van der Waals surface area contributed by atoms with Gasteiger partial charge in [0.15, 0.2) is 23.0 Å². The summed E-state index contributed by atoms with van der Waals surface area (Å²) in [7, 11) is 1.58. The van der Waals surface area contributed by atoms with Gasteiger partial charge in [0.1, 0.15) is 33.9 Å². The third-order valence-corrected chi connectivity index (χ3v) is 12.8. The summed E-state index contributed by atoms with van der Waals surface area (Å²) in [6.07, 6.45) is 0. The summed E-state index contributed by atoms with van der Waals surface area (Å²) in [4.78, 5) is 17.4. The summed E-state index contributed by atoms with van der Waals surface area (Å²) in [5.41, 5.74) is 1.97. The van der Waals surface area contributed by atoms with E-state index in [4.69, 9.17) is 35.3 Å². The Labute approximate surface area is 311 Å². The number of benzene rings is 5. The van der Waals surface area contributed by atoms with E-state index in [1.165, 1.54) is 15.9 Å². The van der Waals surface area contributed by atoms with Crippen LogP contribution < -0.4 is 34.9 Å². The Morgan fingerprint density at radius 1 is 0.635 bits per heavy atom. The number of nitrogens with zero attached hydrogens (tertiary/aromatic N) is 1. The lowest BCUT2D eigenvalue weighted by Crippen LogP contribution is -2.30. The van der Waals surface area contributed by atoms with Crippen molar-refractivity contribution >= 4 is 51.6 Å². The first-order valence-electron chi connectivity index (χ1n) is 17.2. The van der Waals surface area contributed by atoms with Crippen LogP contribution in [0.2, 0.25) is 5.15 Å². The molecule has 0 bridgehead atoms. The van der Waals surface area contributed by atoms with Gasteiger partial charge in [-0.25, -0.2) is 9.78 Å². The van der Waals surface area contributed by atoms with Crippen LogP contribution in [0.25, 0.3) is 22.0 Å². The maximum absolute atomic E-state index is 12.9. The highest BCUT2D eigenvalue weighted by molar-refractivity contribution is 7.95. The zero-order valence-electron chi connectivity index (χ0n) is 30.4. The first-order valence-corrected chi connectivity index (χ1v) is 19.8. The molecule has 0 saturated heterocycles. The molecule has 7 nitrogen and oxygen atoms in total. The SMILES string of the molecule is CCOC(=O)c1c(Cl)nc2cc(OCC)c(OCC)cc2c1-c1ccc(OC)c(OC)c1.C[P+](c1ccccc1)(c1ccccc1)c1ccccc1. The summed E-state index contributed by atoms with van der Waals surface area (Å²) in [6.45, 7) is 9.03. The Kier molecular flexibility index (Phi) is 13.1. The minimum absolute atomic E-state index is 0.0346. The molecule has 0 amide bonds. The highest BCUT2D eigenvalue weighted by Crippen LogP contribution is 2.51. The lowest BCUT2D eigenvalue weighted by Gasteiger charge is -2.22. The molecule has 0 spiro atoms. The summed E-state index contributed by atoms with van der Waals surface area (Å²) in [6, 6.07) is 41.6. The minimum atomic E-state index is -1.53. The Morgan fingerprint density at radius 3 is 1.60 bits per heavy atom. The molecule has 0 unspecified atom stereocenters. The number of ether oxygens (including phenoxy) is 5. The normalized spacial score (nSPS) is 10.9. The standard InChI is InChI=1S/C24H26ClNO6.C19H18P/c1-6-30-19-12-15-16(13-20(19)31-7-2)26-23(25)22(24(27)32-8-3)21(15)14-9-10-17(28-4)18(11-14)29-5;1-20(17-11-5-2-6-12-17,18-13-7-3-8-14-18)19-15-9-4-10-16-19/h9-13H,6-8H2,1-5H3;2-16H,1H3/q;+1. The molecule has 9 heteroatoms. The van der Waals surface area contributed by atoms with Gasteiger partial charge in [-0.2, -0.15) is 0 Å². The molecule has 0 aliphatic carbocycles. The number of carbonyl (C=O) groups is 1. The van der Waals surface area contributed by atoms with E-state index in [2.05, 4.69) is 103 Å². The number of pyridine rings is 1. The zero-order valence-corrected chi connectivity index (χ0v) is 32.0. The van der Waals surface area contributed by atoms with Gasteiger partial charge in [-0.3, -0.25) is 0 Å². The summed E-state index contributed by atoms with van der Waals surface area (Å²) in [5, 5.41) is 4.98. The van der Waals surface area contributed by atoms with Gasteiger partial charge in [0.2, 0.25) is 0 Å². The highest BCUT2D eigenvalue weighted by Gasteiger charge is 2.39. The number of hydrogen-bond acceptors (Lipinski definition) is 7. The van der Waals surface area contributed by atoms with Gasteiger partial charge in [-0.15, -0.1) is 0 Å². The molecule has 5 aromatic carbocycles. The number of aromatic nitrogens is 1. The Hall–Kier alpha value is -5.10. The molecule has 0 N–H and O–H groups in total. The maximum atomic E-state index is 12.9. The number of fused-ring (bicyclic) bond motifs is 1. The van der Waals surface area contributed by atoms with E-state index in [-0.39, 0.29) is 17.3 Å². The van der Waals surface area contributed by atoms with Crippen LogP contribution in [0.5, 0.6) is 23.0 Å². The molecule has 0 atom stereocenters. The van der Waals surface area contributed by atoms with Gasteiger partial charge >= 0.3 is 5.97 Å². The summed E-state index contributed by atoms with van der Waals surface area (Å²) >= 11 is 6.51. The Bertz CT molecular complexity index is 2000. The third kappa shape index (κ3) is 8.17. The van der Waals surface area contributed by atoms with Crippen molar-refractivity contribution in [3.8, 4) is 34.1 Å². The van der Waals surface area contributed by atoms with E-state index in [9.17, 15) is 4.79 Å². The third-order valence-electron chi connectivity index (χ3n) is 8.58. The Morgan fingerprint density at radius 2 is 1.13 bits per heavy atom. The van der Waals surface area contributed by atoms with Gasteiger partial charge < -0.3 is 23.7 Å². The summed E-state index contributed by atoms with van der Waals surface area (Å²) in [5.74, 6) is 1.60. The highest BCUT2D eigenvalue weighted by atomic mass is 35.5. The van der Waals surface area contributed by atoms with E-state index < -0.39 is 13.2 Å². The Balaban J connectivity index is 0.000000223. The predicted octanol–water partition coefficient (Wildman–Crippen LogP) is 9.16. The predicted molar refractivity (Wildman–Crippen MR) is 215 cm³/mol. The number of methoxy groups -OCH3 is 2. The fourth-order valence-corrected chi connectivity index (χ4v) is 9.55. The molecule has 6 rings (SSSR count). The van der Waals surface area contributed by atoms with Gasteiger partial charge in [-0.1, -0.05) is 72.3 Å². The van der Waals surface area contributed by atoms with Crippen LogP contribution in [0, 0.1) is 0 Å². The smallest absolute Gasteiger partial charge is 0.341 e. The molecular formula is C43H44ClNO6P+. The van der Waals surface area contributed by atoms with Crippen LogP contribution in [-0.4, -0.2) is 51.7 Å². The molecule has 268 valence electrons. The van der Waals surface area contributed by atoms with Gasteiger partial charge in [0.05, 0.1) is 46.2 Å². The van der Waals surface area contributed by atoms with Gasteiger partial charge in [0.25, 0.3) is 0 Å². The van der Waals surface area contributed by atoms with Crippen LogP contribution >= 0.6 is 18.9 Å². The molecule has 0 fully saturated rings. The molecular weight excluding hydrogens is 693 g/mol. The second kappa shape index (κ2) is 17.9. The first-order chi connectivity index (χ1) is 25.3. The first kappa shape index (κ1) is 38.1. The molecule has 0 saturated carbocycles. The van der Waals surface area contributed by atoms with Crippen molar-refractivity contribution in [3.63, 3.8) is 0 Å². The number of hydrogen-bond donors (Lipinski definition) is 0. The van der Waals surface area contributed by atoms with Crippen molar-refractivity contribution in [2.45, 2.75) is 20.8 Å². The minimum Gasteiger partial charge on any atom is -0.493 e. The van der Waals surface area contributed by atoms with Crippen molar-refractivity contribution < 1.29 is 28.5 Å². The monoisotopic (exact) mass is 736 g/mol. The number of rotatable bonds is 12. The second-order valence-electron chi connectivity index (χ2n) is 11.6. The maximum Gasteiger partial charge on any atom is 0.341 e. The number of halogens is 1. The molecule has 6 aromatic rings. The van der Waals surface area contributed by atoms with Crippen LogP contribution in [0.4, 0.5) is 0 Å². The fourth-order valence-electron chi connectivity index (χ4n) is 6.08. The van der Waals surface area contributed by atoms with Gasteiger partial charge in [0, 0.05) is 17.0 Å². The van der Waals surface area contributed by atoms with Crippen molar-refractivity contribution in [2.24, 2.45) is 0 Å². The fraction of sp³-hybridized carbons (Fsp3) is 0.209. The van der Waals surface area contributed by atoms with Crippen molar-refractivity contribution in [1.29, 1.82) is 0 Å². The average molecular weight is 737 g/mol. The van der Waals surface area contributed by atoms with E-state index in [0.29, 0.717) is 58.2 Å². The number of carbonyl (C=O) groups excluding carboxylic acids is 1. The number of esters is 1. The van der Waals surface area contributed by atoms with E-state index >= 15 is 0 Å². The zero-order chi connectivity index (χ0) is 37.1. The van der Waals surface area contributed by atoms with Gasteiger partial charge in [-0.05, 0) is 80.9 Å². The van der Waals surface area contributed by atoms with E-state index in [1.54, 1.807) is 39.3 Å². The largest absolute Gasteiger partial charge is 0.493 e. The van der Waals surface area contributed by atoms with Crippen LogP contribution in [0.3, 0.4) is 0 Å². The molecule has 1 aromatic heterocycles. The van der Waals surface area contributed by atoms with Crippen molar-refractivity contribution in [1.82, 2.24) is 4.98 Å². The quantitative estimate of drug-likeness (QED) is 0.0705. The lowest BCUT2D eigenvalue weighted by atomic mass is 9.95. The summed E-state index contributed by atoms with van der Waals surface area (Å²) < 4.78 is 27.6. The van der Waals surface area contributed by atoms with Crippen molar-refractivity contribution in [3.05, 3.63) is 132 Å². The van der Waals surface area contributed by atoms with E-state index in [1.807, 2.05) is 26.0 Å². The molecule has 52 heavy (non-hydrogen) atoms. The average Bonchev–Trinajstić information content (AvgIpc) is 3.18. The van der Waals surface area contributed by atoms with Crippen molar-refractivity contribution in [2.75, 3.05) is 40.7 Å². The van der Waals surface area contributed by atoms with Crippen LogP contribution in [-0.2, 0) is 4.74 Å². The lowest BCUT2D eigenvalue weighted by molar-refractivity contribution is 0.0527. The molecule has 0 aliphatic heterocycles. The molecule has 0 aliphatic rings. The second-order valence-corrected chi connectivity index (χ2v) is 15.6. The topological polar surface area (TPSA) is 76.1 Å². The van der Waals surface area contributed by atoms with Crippen LogP contribution in [0.1, 0.15) is 31.1 Å². The molecule has 1 heterocycles.